The number of ether oxygens (including phenoxy) is 1. The monoisotopic (exact) mass is 317 g/mol. The average Bonchev–Trinajstić information content (AvgIpc) is 3.08. The number of hydrogen-bond acceptors (Lipinski definition) is 6. The molecule has 0 unspecified atom stereocenters. The fourth-order valence-corrected chi connectivity index (χ4v) is 2.52. The van der Waals surface area contributed by atoms with Gasteiger partial charge < -0.3 is 9.64 Å². The molecule has 0 bridgehead atoms. The number of amides is 1. The Kier molecular flexibility index (Phi) is 4.02. The van der Waals surface area contributed by atoms with Gasteiger partial charge in [0.2, 0.25) is 0 Å². The number of carbonyl (C=O) groups is 1. The van der Waals surface area contributed by atoms with E-state index < -0.39 is 4.92 Å². The van der Waals surface area contributed by atoms with Crippen molar-refractivity contribution >= 4 is 11.6 Å². The maximum absolute atomic E-state index is 12.6. The van der Waals surface area contributed by atoms with Crippen molar-refractivity contribution in [1.82, 2.24) is 19.7 Å². The highest BCUT2D eigenvalue weighted by molar-refractivity contribution is 5.95. The van der Waals surface area contributed by atoms with Gasteiger partial charge in [-0.2, -0.15) is 5.10 Å². The molecule has 1 atom stereocenters. The predicted molar refractivity (Wildman–Crippen MR) is 79.3 cm³/mol. The summed E-state index contributed by atoms with van der Waals surface area (Å²) in [6.45, 7) is 3.29. The predicted octanol–water partition coefficient (Wildman–Crippen LogP) is 1.04. The minimum absolute atomic E-state index is 0.0645. The topological polar surface area (TPSA) is 103 Å². The number of nitrogens with zero attached hydrogens (tertiary/aromatic N) is 5. The van der Waals surface area contributed by atoms with Crippen LogP contribution in [0.2, 0.25) is 0 Å². The Hall–Kier alpha value is -2.81. The van der Waals surface area contributed by atoms with Crippen molar-refractivity contribution in [2.24, 2.45) is 0 Å². The van der Waals surface area contributed by atoms with Gasteiger partial charge >= 0.3 is 0 Å². The van der Waals surface area contributed by atoms with Crippen molar-refractivity contribution in [3.8, 4) is 5.69 Å². The zero-order valence-corrected chi connectivity index (χ0v) is 12.5. The van der Waals surface area contributed by atoms with Crippen LogP contribution >= 0.6 is 0 Å². The van der Waals surface area contributed by atoms with Crippen LogP contribution in [0.4, 0.5) is 5.69 Å². The Labute approximate surface area is 131 Å². The van der Waals surface area contributed by atoms with Gasteiger partial charge in [0.1, 0.15) is 18.3 Å². The van der Waals surface area contributed by atoms with Crippen LogP contribution in [-0.2, 0) is 4.74 Å². The van der Waals surface area contributed by atoms with Crippen molar-refractivity contribution < 1.29 is 14.5 Å². The molecule has 0 saturated carbocycles. The normalized spacial score (nSPS) is 18.0. The molecule has 1 saturated heterocycles. The lowest BCUT2D eigenvalue weighted by atomic mass is 10.1. The molecule has 23 heavy (non-hydrogen) atoms. The molecule has 1 aromatic carbocycles. The SMILES string of the molecule is C[C@H]1COCCN1C(=O)c1ccc(-n2cncn2)c([N+](=O)[O-])c1. The number of rotatable bonds is 3. The van der Waals surface area contributed by atoms with Gasteiger partial charge in [-0.15, -0.1) is 0 Å². The summed E-state index contributed by atoms with van der Waals surface area (Å²) in [5.41, 5.74) is 0.343. The molecule has 0 N–H and O–H groups in total. The van der Waals surface area contributed by atoms with E-state index in [1.807, 2.05) is 6.92 Å². The molecular formula is C14H15N5O4. The van der Waals surface area contributed by atoms with Crippen LogP contribution in [0.25, 0.3) is 5.69 Å². The van der Waals surface area contributed by atoms with E-state index in [-0.39, 0.29) is 28.9 Å². The summed E-state index contributed by atoms with van der Waals surface area (Å²) in [6, 6.07) is 4.28. The van der Waals surface area contributed by atoms with E-state index in [4.69, 9.17) is 4.74 Å². The summed E-state index contributed by atoms with van der Waals surface area (Å²) in [7, 11) is 0. The summed E-state index contributed by atoms with van der Waals surface area (Å²) in [4.78, 5) is 28.8. The van der Waals surface area contributed by atoms with Gasteiger partial charge in [0.05, 0.1) is 24.2 Å². The third-order valence-corrected chi connectivity index (χ3v) is 3.71. The van der Waals surface area contributed by atoms with E-state index in [1.54, 1.807) is 11.0 Å². The number of nitro benzene ring substituents is 1. The van der Waals surface area contributed by atoms with Gasteiger partial charge in [-0.05, 0) is 19.1 Å². The van der Waals surface area contributed by atoms with Crippen molar-refractivity contribution in [3.05, 3.63) is 46.5 Å². The Balaban J connectivity index is 1.96. The van der Waals surface area contributed by atoms with Crippen LogP contribution in [0, 0.1) is 10.1 Å². The minimum atomic E-state index is -0.531. The molecule has 9 heteroatoms. The number of hydrogen-bond donors (Lipinski definition) is 0. The van der Waals surface area contributed by atoms with Gasteiger partial charge in [0.25, 0.3) is 11.6 Å². The fraction of sp³-hybridized carbons (Fsp3) is 0.357. The average molecular weight is 317 g/mol. The summed E-state index contributed by atoms with van der Waals surface area (Å²) in [6.07, 6.45) is 2.66. The van der Waals surface area contributed by atoms with Gasteiger partial charge in [-0.1, -0.05) is 0 Å². The van der Waals surface area contributed by atoms with E-state index in [0.29, 0.717) is 19.8 Å². The van der Waals surface area contributed by atoms with Crippen molar-refractivity contribution in [1.29, 1.82) is 0 Å². The molecule has 1 aromatic heterocycles. The van der Waals surface area contributed by atoms with E-state index >= 15 is 0 Å². The quantitative estimate of drug-likeness (QED) is 0.619. The standard InChI is InChI=1S/C14H15N5O4/c1-10-7-23-5-4-17(10)14(20)11-2-3-12(13(6-11)19(21)22)18-9-15-8-16-18/h2-3,6,8-10H,4-5,7H2,1H3/t10-/m0/s1. The number of aromatic nitrogens is 3. The first-order valence-electron chi connectivity index (χ1n) is 7.10. The Bertz CT molecular complexity index is 731. The van der Waals surface area contributed by atoms with E-state index in [2.05, 4.69) is 10.1 Å². The first-order chi connectivity index (χ1) is 11.1. The second kappa shape index (κ2) is 6.13. The molecule has 2 heterocycles. The summed E-state index contributed by atoms with van der Waals surface area (Å²) < 4.78 is 6.60. The van der Waals surface area contributed by atoms with Crippen LogP contribution in [-0.4, -0.2) is 56.3 Å². The smallest absolute Gasteiger partial charge is 0.295 e. The lowest BCUT2D eigenvalue weighted by molar-refractivity contribution is -0.384. The number of benzene rings is 1. The van der Waals surface area contributed by atoms with Crippen LogP contribution in [0.1, 0.15) is 17.3 Å². The van der Waals surface area contributed by atoms with Crippen LogP contribution in [0.5, 0.6) is 0 Å². The van der Waals surface area contributed by atoms with E-state index in [0.717, 1.165) is 0 Å². The van der Waals surface area contributed by atoms with Crippen molar-refractivity contribution in [2.45, 2.75) is 13.0 Å². The molecule has 0 radical (unpaired) electrons. The zero-order chi connectivity index (χ0) is 16.4. The maximum Gasteiger partial charge on any atom is 0.295 e. The second-order valence-electron chi connectivity index (χ2n) is 5.22. The number of carbonyl (C=O) groups excluding carboxylic acids is 1. The van der Waals surface area contributed by atoms with Gasteiger partial charge in [0.15, 0.2) is 0 Å². The fourth-order valence-electron chi connectivity index (χ4n) is 2.52. The molecule has 1 aliphatic rings. The summed E-state index contributed by atoms with van der Waals surface area (Å²) in [5, 5.41) is 15.2. The Morgan fingerprint density at radius 2 is 2.30 bits per heavy atom. The highest BCUT2D eigenvalue weighted by Gasteiger charge is 2.27. The molecule has 0 spiro atoms. The van der Waals surface area contributed by atoms with Gasteiger partial charge in [0, 0.05) is 18.2 Å². The first-order valence-corrected chi connectivity index (χ1v) is 7.10. The zero-order valence-electron chi connectivity index (χ0n) is 12.5. The van der Waals surface area contributed by atoms with Crippen LogP contribution in [0.3, 0.4) is 0 Å². The molecule has 1 fully saturated rings. The molecule has 3 rings (SSSR count). The van der Waals surface area contributed by atoms with Crippen LogP contribution < -0.4 is 0 Å². The minimum Gasteiger partial charge on any atom is -0.377 e. The molecule has 1 amide bonds. The summed E-state index contributed by atoms with van der Waals surface area (Å²) in [5.74, 6) is -0.242. The van der Waals surface area contributed by atoms with E-state index in [9.17, 15) is 14.9 Å². The van der Waals surface area contributed by atoms with Crippen LogP contribution in [0.15, 0.2) is 30.9 Å². The molecule has 1 aliphatic heterocycles. The third-order valence-electron chi connectivity index (χ3n) is 3.71. The van der Waals surface area contributed by atoms with Gasteiger partial charge in [-0.3, -0.25) is 14.9 Å². The van der Waals surface area contributed by atoms with Gasteiger partial charge in [-0.25, -0.2) is 9.67 Å². The lowest BCUT2D eigenvalue weighted by Gasteiger charge is -2.33. The van der Waals surface area contributed by atoms with Crippen molar-refractivity contribution in [2.75, 3.05) is 19.8 Å². The molecule has 0 aliphatic carbocycles. The summed E-state index contributed by atoms with van der Waals surface area (Å²) >= 11 is 0. The van der Waals surface area contributed by atoms with Crippen molar-refractivity contribution in [3.63, 3.8) is 0 Å². The number of nitro groups is 1. The lowest BCUT2D eigenvalue weighted by Crippen LogP contribution is -2.47. The Morgan fingerprint density at radius 3 is 2.96 bits per heavy atom. The second-order valence-corrected chi connectivity index (χ2v) is 5.22. The maximum atomic E-state index is 12.6. The molecule has 9 nitrogen and oxygen atoms in total. The Morgan fingerprint density at radius 1 is 1.48 bits per heavy atom. The molecule has 2 aromatic rings. The third kappa shape index (κ3) is 2.90. The molecular weight excluding hydrogens is 302 g/mol. The first kappa shape index (κ1) is 15.1. The highest BCUT2D eigenvalue weighted by atomic mass is 16.6. The largest absolute Gasteiger partial charge is 0.377 e. The number of morpholine rings is 1. The van der Waals surface area contributed by atoms with E-state index in [1.165, 1.54) is 29.5 Å². The highest BCUT2D eigenvalue weighted by Crippen LogP contribution is 2.25. The molecule has 120 valence electrons.